The first-order chi connectivity index (χ1) is 22.7. The molecule has 0 aliphatic carbocycles. The third-order valence-corrected chi connectivity index (χ3v) is 8.74. The maximum atomic E-state index is 14.0. The summed E-state index contributed by atoms with van der Waals surface area (Å²) < 4.78 is 10.3. The van der Waals surface area contributed by atoms with E-state index in [1.165, 1.54) is 14.2 Å². The van der Waals surface area contributed by atoms with Crippen LogP contribution in [0.2, 0.25) is 0 Å². The van der Waals surface area contributed by atoms with Gasteiger partial charge in [-0.05, 0) is 60.7 Å². The number of anilines is 3. The minimum absolute atomic E-state index is 0.164. The number of hydrogen-bond acceptors (Lipinski definition) is 9. The summed E-state index contributed by atoms with van der Waals surface area (Å²) in [5, 5.41) is 23.3. The van der Waals surface area contributed by atoms with Gasteiger partial charge in [-0.1, -0.05) is 19.4 Å². The molecule has 13 nitrogen and oxygen atoms in total. The summed E-state index contributed by atoms with van der Waals surface area (Å²) in [5.74, 6) is -0.0271. The number of carbonyl (C=O) groups excluding carboxylic acids is 3. The average Bonchev–Trinajstić information content (AvgIpc) is 3.45. The van der Waals surface area contributed by atoms with Gasteiger partial charge in [-0.15, -0.1) is 0 Å². The van der Waals surface area contributed by atoms with Crippen LogP contribution in [0.3, 0.4) is 0 Å². The van der Waals surface area contributed by atoms with E-state index in [1.807, 2.05) is 13.0 Å². The molecule has 47 heavy (non-hydrogen) atoms. The fraction of sp³-hybridized carbons (Fsp3) is 0.294. The number of ether oxygens (including phenoxy) is 2. The van der Waals surface area contributed by atoms with E-state index in [0.29, 0.717) is 94.2 Å². The molecule has 240 valence electrons. The van der Waals surface area contributed by atoms with Crippen molar-refractivity contribution in [3.05, 3.63) is 65.4 Å². The number of nitrogens with two attached hydrogens (primary N) is 1. The van der Waals surface area contributed by atoms with Gasteiger partial charge in [0.05, 0.1) is 48.8 Å². The van der Waals surface area contributed by atoms with Crippen LogP contribution in [0, 0.1) is 17.2 Å². The molecule has 2 bridgehead atoms. The Hall–Kier alpha value is -5.90. The molecule has 2 aromatic heterocycles. The van der Waals surface area contributed by atoms with Crippen LogP contribution in [0.15, 0.2) is 48.5 Å². The van der Waals surface area contributed by atoms with Gasteiger partial charge in [0.2, 0.25) is 17.7 Å². The molecule has 0 fully saturated rings. The number of aromatic nitrogens is 3. The van der Waals surface area contributed by atoms with Crippen LogP contribution >= 0.6 is 0 Å². The molecule has 2 aliphatic heterocycles. The fourth-order valence-electron chi connectivity index (χ4n) is 6.27. The van der Waals surface area contributed by atoms with Gasteiger partial charge < -0.3 is 25.4 Å². The molecule has 0 saturated carbocycles. The number of methoxy groups -OCH3 is 2. The number of rotatable bonds is 4. The second kappa shape index (κ2) is 12.8. The number of benzene rings is 2. The Balaban J connectivity index is 1.42. The standard InChI is InChI=1S/C34H34N8O5/c1-18-5-4-6-27(42-12-11-19(15-29(42)43)30-20(17-35)7-9-24-31(30)40-41-32(24)36)26-13-21(14-28(38-26)46-2)23-10-8-22(37-34(45)47-3)16-25(23)39-33(18)44/h7-10,13-16,18,27H,4-6,11-12H2,1-3H3,(H,37,45)(H,39,44)(H3,36,40,41). The van der Waals surface area contributed by atoms with Crippen molar-refractivity contribution >= 4 is 51.6 Å². The lowest BCUT2D eigenvalue weighted by molar-refractivity contribution is -0.129. The first-order valence-electron chi connectivity index (χ1n) is 15.2. The number of aromatic amines is 1. The van der Waals surface area contributed by atoms with E-state index in [9.17, 15) is 19.6 Å². The van der Waals surface area contributed by atoms with Crippen LogP contribution in [-0.4, -0.2) is 58.8 Å². The number of H-pyrrole nitrogens is 1. The first kappa shape index (κ1) is 31.1. The molecular formula is C34H34N8O5. The summed E-state index contributed by atoms with van der Waals surface area (Å²) in [4.78, 5) is 45.8. The van der Waals surface area contributed by atoms with Crippen molar-refractivity contribution in [1.29, 1.82) is 5.26 Å². The minimum atomic E-state index is -0.633. The van der Waals surface area contributed by atoms with Gasteiger partial charge in [-0.3, -0.25) is 20.0 Å². The number of hydrogen-bond donors (Lipinski definition) is 4. The lowest BCUT2D eigenvalue weighted by Crippen LogP contribution is -2.38. The molecule has 2 unspecified atom stereocenters. The van der Waals surface area contributed by atoms with Crippen LogP contribution in [-0.2, 0) is 14.3 Å². The molecule has 0 saturated heterocycles. The second-order valence-corrected chi connectivity index (χ2v) is 11.6. The third kappa shape index (κ3) is 6.05. The number of nitriles is 1. The van der Waals surface area contributed by atoms with Gasteiger partial charge >= 0.3 is 6.09 Å². The molecule has 5 N–H and O–H groups in total. The van der Waals surface area contributed by atoms with Gasteiger partial charge in [0.15, 0.2) is 5.82 Å². The monoisotopic (exact) mass is 634 g/mol. The molecule has 2 aromatic carbocycles. The lowest BCUT2D eigenvalue weighted by Gasteiger charge is -2.35. The average molecular weight is 635 g/mol. The molecule has 4 aromatic rings. The van der Waals surface area contributed by atoms with E-state index in [2.05, 4.69) is 26.9 Å². The largest absolute Gasteiger partial charge is 0.481 e. The molecule has 0 spiro atoms. The molecular weight excluding hydrogens is 600 g/mol. The summed E-state index contributed by atoms with van der Waals surface area (Å²) >= 11 is 0. The minimum Gasteiger partial charge on any atom is -0.481 e. The highest BCUT2D eigenvalue weighted by atomic mass is 16.5. The van der Waals surface area contributed by atoms with E-state index >= 15 is 0 Å². The Labute approximate surface area is 270 Å². The predicted octanol–water partition coefficient (Wildman–Crippen LogP) is 5.38. The number of carbonyl (C=O) groups is 3. The highest BCUT2D eigenvalue weighted by Crippen LogP contribution is 2.39. The molecule has 6 rings (SSSR count). The highest BCUT2D eigenvalue weighted by Gasteiger charge is 2.31. The summed E-state index contributed by atoms with van der Waals surface area (Å²) in [6.07, 6.45) is 3.23. The Bertz CT molecular complexity index is 1980. The zero-order valence-corrected chi connectivity index (χ0v) is 26.2. The van der Waals surface area contributed by atoms with E-state index in [1.54, 1.807) is 47.4 Å². The number of amides is 3. The number of pyridine rings is 1. The predicted molar refractivity (Wildman–Crippen MR) is 176 cm³/mol. The van der Waals surface area contributed by atoms with Crippen molar-refractivity contribution in [3.63, 3.8) is 0 Å². The van der Waals surface area contributed by atoms with Crippen LogP contribution in [0.5, 0.6) is 5.88 Å². The van der Waals surface area contributed by atoms with E-state index in [-0.39, 0.29) is 17.7 Å². The summed E-state index contributed by atoms with van der Waals surface area (Å²) in [6.45, 7) is 2.24. The number of nitrogens with zero attached hydrogens (tertiary/aromatic N) is 4. The Morgan fingerprint density at radius 2 is 1.98 bits per heavy atom. The molecule has 4 heterocycles. The summed E-state index contributed by atoms with van der Waals surface area (Å²) in [6, 6.07) is 14.1. The SMILES string of the molecule is COC(=O)Nc1ccc2c(c1)NC(=O)C(C)CCCC(N1CCC(c3c(C#N)ccc4c(N)n[nH]c34)=CC1=O)c1cc-2cc(OC)n1. The van der Waals surface area contributed by atoms with Crippen LogP contribution in [0.25, 0.3) is 27.6 Å². The van der Waals surface area contributed by atoms with Crippen LogP contribution in [0.4, 0.5) is 22.0 Å². The topological polar surface area (TPSA) is 188 Å². The van der Waals surface area contributed by atoms with E-state index in [0.717, 1.165) is 5.57 Å². The zero-order valence-electron chi connectivity index (χ0n) is 26.2. The van der Waals surface area contributed by atoms with Crippen molar-refractivity contribution < 1.29 is 23.9 Å². The van der Waals surface area contributed by atoms with Gasteiger partial charge in [-0.2, -0.15) is 10.4 Å². The smallest absolute Gasteiger partial charge is 0.411 e. The highest BCUT2D eigenvalue weighted by molar-refractivity contribution is 6.04. The molecule has 2 atom stereocenters. The third-order valence-electron chi connectivity index (χ3n) is 8.74. The zero-order chi connectivity index (χ0) is 33.2. The van der Waals surface area contributed by atoms with Gasteiger partial charge in [-0.25, -0.2) is 9.78 Å². The Morgan fingerprint density at radius 1 is 1.15 bits per heavy atom. The van der Waals surface area contributed by atoms with Crippen molar-refractivity contribution in [2.75, 3.05) is 37.1 Å². The van der Waals surface area contributed by atoms with Gasteiger partial charge in [0.1, 0.15) is 0 Å². The van der Waals surface area contributed by atoms with E-state index < -0.39 is 12.1 Å². The van der Waals surface area contributed by atoms with Crippen LogP contribution < -0.4 is 21.1 Å². The maximum Gasteiger partial charge on any atom is 0.411 e. The summed E-state index contributed by atoms with van der Waals surface area (Å²) in [7, 11) is 2.80. The van der Waals surface area contributed by atoms with Crippen molar-refractivity contribution in [2.45, 2.75) is 38.6 Å². The maximum absolute atomic E-state index is 14.0. The summed E-state index contributed by atoms with van der Waals surface area (Å²) in [5.41, 5.74) is 11.4. The van der Waals surface area contributed by atoms with Gasteiger partial charge in [0, 0.05) is 46.8 Å². The molecule has 13 heteroatoms. The lowest BCUT2D eigenvalue weighted by atomic mass is 9.90. The number of fused-ring (bicyclic) bond motifs is 5. The van der Waals surface area contributed by atoms with Crippen molar-refractivity contribution in [1.82, 2.24) is 20.1 Å². The van der Waals surface area contributed by atoms with Gasteiger partial charge in [0.25, 0.3) is 0 Å². The first-order valence-corrected chi connectivity index (χ1v) is 15.2. The molecule has 3 amide bonds. The fourth-order valence-corrected chi connectivity index (χ4v) is 6.27. The number of nitrogen functional groups attached to an aromatic ring is 1. The Morgan fingerprint density at radius 3 is 2.72 bits per heavy atom. The quantitative estimate of drug-likeness (QED) is 0.228. The normalized spacial score (nSPS) is 18.2. The molecule has 2 aliphatic rings. The van der Waals surface area contributed by atoms with Crippen molar-refractivity contribution in [3.8, 4) is 23.1 Å². The number of nitrogens with one attached hydrogen (secondary N) is 3. The van der Waals surface area contributed by atoms with E-state index in [4.69, 9.17) is 20.2 Å². The Kier molecular flexibility index (Phi) is 8.50. The van der Waals surface area contributed by atoms with Crippen molar-refractivity contribution in [2.24, 2.45) is 5.92 Å². The molecule has 0 radical (unpaired) electrons. The van der Waals surface area contributed by atoms with Crippen LogP contribution in [0.1, 0.15) is 55.5 Å². The second-order valence-electron chi connectivity index (χ2n) is 11.6.